The molecule has 12 aromatic rings. The zero-order valence-electron chi connectivity index (χ0n) is 35.2. The average molecular weight is 852 g/mol. The van der Waals surface area contributed by atoms with Gasteiger partial charge in [0, 0.05) is 67.8 Å². The lowest BCUT2D eigenvalue weighted by atomic mass is 9.97. The minimum absolute atomic E-state index is 0.340. The van der Waals surface area contributed by atoms with Crippen molar-refractivity contribution in [2.24, 2.45) is 0 Å². The Morgan fingerprint density at radius 1 is 0.364 bits per heavy atom. The Bertz CT molecular complexity index is 3900. The van der Waals surface area contributed by atoms with Gasteiger partial charge in [-0.25, -0.2) is 8.78 Å². The number of nitriles is 1. The van der Waals surface area contributed by atoms with Crippen molar-refractivity contribution in [1.82, 2.24) is 19.1 Å². The van der Waals surface area contributed by atoms with Gasteiger partial charge in [0.1, 0.15) is 17.7 Å². The fourth-order valence-corrected chi connectivity index (χ4v) is 9.71. The van der Waals surface area contributed by atoms with Crippen molar-refractivity contribution in [2.45, 2.75) is 0 Å². The van der Waals surface area contributed by atoms with Crippen molar-refractivity contribution >= 4 is 43.6 Å². The summed E-state index contributed by atoms with van der Waals surface area (Å²) in [4.78, 5) is 9.59. The average Bonchev–Trinajstić information content (AvgIpc) is 3.88. The molecule has 0 aliphatic rings. The van der Waals surface area contributed by atoms with Crippen LogP contribution in [0.5, 0.6) is 0 Å². The first-order chi connectivity index (χ1) is 32.5. The number of benzene rings is 8. The monoisotopic (exact) mass is 851 g/mol. The molecule has 0 aliphatic carbocycles. The van der Waals surface area contributed by atoms with Gasteiger partial charge in [0.15, 0.2) is 0 Å². The molecule has 0 amide bonds. The van der Waals surface area contributed by atoms with Crippen molar-refractivity contribution in [3.05, 3.63) is 230 Å². The highest BCUT2D eigenvalue weighted by molar-refractivity contribution is 6.13. The molecule has 0 spiro atoms. The van der Waals surface area contributed by atoms with Crippen LogP contribution in [0.2, 0.25) is 0 Å². The van der Waals surface area contributed by atoms with Crippen LogP contribution in [0.15, 0.2) is 213 Å². The van der Waals surface area contributed by atoms with Crippen LogP contribution in [0, 0.1) is 23.0 Å². The van der Waals surface area contributed by atoms with Crippen LogP contribution in [0.3, 0.4) is 0 Å². The Morgan fingerprint density at radius 2 is 0.833 bits per heavy atom. The largest absolute Gasteiger partial charge is 0.309 e. The number of rotatable bonds is 7. The number of fused-ring (bicyclic) bond motifs is 6. The molecule has 0 radical (unpaired) electrons. The second-order valence-corrected chi connectivity index (χ2v) is 16.4. The molecule has 0 atom stereocenters. The van der Waals surface area contributed by atoms with Crippen LogP contribution in [-0.2, 0) is 0 Å². The third-order valence-corrected chi connectivity index (χ3v) is 12.6. The van der Waals surface area contributed by atoms with Gasteiger partial charge in [-0.15, -0.1) is 0 Å². The predicted molar refractivity (Wildman–Crippen MR) is 263 cm³/mol. The van der Waals surface area contributed by atoms with E-state index in [-0.39, 0.29) is 0 Å². The molecule has 0 fully saturated rings. The Balaban J connectivity index is 1.10. The number of aromatic nitrogens is 4. The van der Waals surface area contributed by atoms with E-state index >= 15 is 8.78 Å². The van der Waals surface area contributed by atoms with Gasteiger partial charge in [-0.3, -0.25) is 9.97 Å². The van der Waals surface area contributed by atoms with E-state index in [0.29, 0.717) is 28.1 Å². The molecule has 0 aliphatic heterocycles. The number of nitrogens with zero attached hydrogens (tertiary/aromatic N) is 5. The van der Waals surface area contributed by atoms with Crippen LogP contribution in [0.1, 0.15) is 5.56 Å². The Kier molecular flexibility index (Phi) is 9.18. The minimum Gasteiger partial charge on any atom is -0.309 e. The maximum absolute atomic E-state index is 15.4. The molecule has 0 saturated carbocycles. The topological polar surface area (TPSA) is 59.4 Å². The van der Waals surface area contributed by atoms with Gasteiger partial charge in [0.25, 0.3) is 0 Å². The maximum Gasteiger partial charge on any atom is 0.126 e. The summed E-state index contributed by atoms with van der Waals surface area (Å²) in [6, 6.07) is 67.2. The molecule has 4 aromatic heterocycles. The van der Waals surface area contributed by atoms with E-state index in [1.54, 1.807) is 0 Å². The van der Waals surface area contributed by atoms with E-state index in [0.717, 1.165) is 94.4 Å². The Morgan fingerprint density at radius 3 is 1.35 bits per heavy atom. The Hall–Kier alpha value is -8.99. The minimum atomic E-state index is -0.700. The Labute approximate surface area is 378 Å². The fraction of sp³-hybridized carbons (Fsp3) is 0. The molecule has 5 nitrogen and oxygen atoms in total. The van der Waals surface area contributed by atoms with Crippen LogP contribution < -0.4 is 0 Å². The first-order valence-electron chi connectivity index (χ1n) is 21.7. The van der Waals surface area contributed by atoms with Gasteiger partial charge in [-0.05, 0) is 89.5 Å². The van der Waals surface area contributed by atoms with E-state index in [9.17, 15) is 5.26 Å². The van der Waals surface area contributed by atoms with Crippen molar-refractivity contribution < 1.29 is 8.78 Å². The van der Waals surface area contributed by atoms with E-state index in [2.05, 4.69) is 100 Å². The second-order valence-electron chi connectivity index (χ2n) is 16.4. The molecule has 0 N–H and O–H groups in total. The normalized spacial score (nSPS) is 11.5. The zero-order valence-corrected chi connectivity index (χ0v) is 35.2. The fourth-order valence-electron chi connectivity index (χ4n) is 9.71. The van der Waals surface area contributed by atoms with Gasteiger partial charge in [0.2, 0.25) is 0 Å². The lowest BCUT2D eigenvalue weighted by Gasteiger charge is -2.19. The van der Waals surface area contributed by atoms with Gasteiger partial charge < -0.3 is 9.13 Å². The maximum atomic E-state index is 15.4. The first kappa shape index (κ1) is 38.7. The predicted octanol–water partition coefficient (Wildman–Crippen LogP) is 15.2. The molecule has 8 aromatic carbocycles. The lowest BCUT2D eigenvalue weighted by molar-refractivity contribution is 0.584. The molecular formula is C59H35F2N5. The summed E-state index contributed by atoms with van der Waals surface area (Å²) in [7, 11) is 0. The highest BCUT2D eigenvalue weighted by atomic mass is 19.1. The molecule has 4 heterocycles. The summed E-state index contributed by atoms with van der Waals surface area (Å²) >= 11 is 0. The number of hydrogen-bond donors (Lipinski definition) is 0. The SMILES string of the molecule is N#Cc1cc(-n2c3ccccc3c3cc(-c4cccnc4-c4ccccc4)ccc32)c(-c2cc(F)cc(F)c2)cc1-n1c2ccccc2c2cc(-c3cccnc3-c3ccccc3)ccc21. The van der Waals surface area contributed by atoms with Gasteiger partial charge in [0.05, 0.1) is 50.4 Å². The number of para-hydroxylation sites is 2. The van der Waals surface area contributed by atoms with Crippen molar-refractivity contribution in [3.8, 4) is 73.3 Å². The van der Waals surface area contributed by atoms with Crippen LogP contribution in [0.25, 0.3) is 111 Å². The van der Waals surface area contributed by atoms with Gasteiger partial charge in [-0.1, -0.05) is 121 Å². The third kappa shape index (κ3) is 6.35. The highest BCUT2D eigenvalue weighted by Gasteiger charge is 2.23. The van der Waals surface area contributed by atoms with Crippen molar-refractivity contribution in [3.63, 3.8) is 0 Å². The summed E-state index contributed by atoms with van der Waals surface area (Å²) in [5.41, 5.74) is 13.8. The number of hydrogen-bond acceptors (Lipinski definition) is 3. The molecular weight excluding hydrogens is 817 g/mol. The zero-order chi connectivity index (χ0) is 44.3. The summed E-state index contributed by atoms with van der Waals surface area (Å²) in [6.07, 6.45) is 3.62. The molecule has 310 valence electrons. The summed E-state index contributed by atoms with van der Waals surface area (Å²) in [5, 5.41) is 15.1. The highest BCUT2D eigenvalue weighted by Crippen LogP contribution is 2.43. The number of halogens is 2. The van der Waals surface area contributed by atoms with E-state index in [1.165, 1.54) is 12.1 Å². The van der Waals surface area contributed by atoms with Crippen molar-refractivity contribution in [2.75, 3.05) is 0 Å². The van der Waals surface area contributed by atoms with Crippen LogP contribution >= 0.6 is 0 Å². The third-order valence-electron chi connectivity index (χ3n) is 12.6. The first-order valence-corrected chi connectivity index (χ1v) is 21.7. The van der Waals surface area contributed by atoms with Crippen molar-refractivity contribution in [1.29, 1.82) is 5.26 Å². The number of pyridine rings is 2. The molecule has 66 heavy (non-hydrogen) atoms. The van der Waals surface area contributed by atoms with Gasteiger partial charge in [-0.2, -0.15) is 5.26 Å². The molecule has 0 unspecified atom stereocenters. The molecule has 0 saturated heterocycles. The molecule has 7 heteroatoms. The second kappa shape index (κ2) is 15.7. The summed E-state index contributed by atoms with van der Waals surface area (Å²) in [5.74, 6) is -1.40. The smallest absolute Gasteiger partial charge is 0.126 e. The van der Waals surface area contributed by atoms with E-state index in [1.807, 2.05) is 109 Å². The summed E-state index contributed by atoms with van der Waals surface area (Å²) < 4.78 is 35.0. The summed E-state index contributed by atoms with van der Waals surface area (Å²) in [6.45, 7) is 0. The quantitative estimate of drug-likeness (QED) is 0.160. The van der Waals surface area contributed by atoms with E-state index < -0.39 is 11.6 Å². The van der Waals surface area contributed by atoms with Crippen LogP contribution in [0.4, 0.5) is 8.78 Å². The van der Waals surface area contributed by atoms with Crippen LogP contribution in [-0.4, -0.2) is 19.1 Å². The van der Waals surface area contributed by atoms with Gasteiger partial charge >= 0.3 is 0 Å². The standard InChI is InChI=1S/C59H35F2N5/c60-43-29-41(30-44(61)34-43)49-35-56(65-52-21-9-7-17-47(52)50-31-39(23-25-54(50)65)45-19-11-27-63-58(45)37-13-3-1-4-14-37)42(36-62)33-57(49)66-53-22-10-8-18-48(53)51-32-40(24-26-55(51)66)46-20-12-28-64-59(46)38-15-5-2-6-16-38/h1-35H. The molecule has 0 bridgehead atoms. The lowest BCUT2D eigenvalue weighted by Crippen LogP contribution is -2.04. The molecule has 12 rings (SSSR count). The van der Waals surface area contributed by atoms with E-state index in [4.69, 9.17) is 9.97 Å².